The van der Waals surface area contributed by atoms with Crippen LogP contribution in [0.2, 0.25) is 0 Å². The van der Waals surface area contributed by atoms with Gasteiger partial charge in [-0.1, -0.05) is 17.7 Å². The Bertz CT molecular complexity index is 1690. The number of ether oxygens (including phenoxy) is 1. The molecule has 6 atom stereocenters. The maximum Gasteiger partial charge on any atom is 0.258 e. The van der Waals surface area contributed by atoms with E-state index in [2.05, 4.69) is 0 Å². The predicted octanol–water partition coefficient (Wildman–Crippen LogP) is 4.29. The Morgan fingerprint density at radius 3 is 2.09 bits per heavy atom. The number of carbonyl (C=O) groups excluding carboxylic acids is 4. The number of benzene rings is 2. The first-order chi connectivity index (χ1) is 20.1. The van der Waals surface area contributed by atoms with Crippen molar-refractivity contribution in [2.45, 2.75) is 28.5 Å². The molecule has 2 aromatic rings. The van der Waals surface area contributed by atoms with Gasteiger partial charge in [0.25, 0.3) is 11.8 Å². The van der Waals surface area contributed by atoms with Gasteiger partial charge in [0, 0.05) is 13.0 Å². The van der Waals surface area contributed by atoms with Gasteiger partial charge in [0.2, 0.25) is 17.6 Å². The van der Waals surface area contributed by atoms with Gasteiger partial charge in [0.1, 0.15) is 5.69 Å². The number of alkyl halides is 2. The number of allylic oxidation sites excluding steroid dienone is 2. The number of carbonyl (C=O) groups is 4. The van der Waals surface area contributed by atoms with Gasteiger partial charge in [0.15, 0.2) is 44.5 Å². The molecule has 2 saturated heterocycles. The van der Waals surface area contributed by atoms with Crippen LogP contribution in [-0.2, 0) is 19.2 Å². The highest BCUT2D eigenvalue weighted by Gasteiger charge is 2.77. The highest BCUT2D eigenvalue weighted by molar-refractivity contribution is 6.58. The minimum atomic E-state index is -2.67. The van der Waals surface area contributed by atoms with E-state index in [4.69, 9.17) is 27.9 Å². The van der Waals surface area contributed by atoms with Crippen molar-refractivity contribution < 1.29 is 51.0 Å². The lowest BCUT2D eigenvalue weighted by molar-refractivity contribution is -0.138. The minimum Gasteiger partial charge on any atom is -0.504 e. The fourth-order valence-corrected chi connectivity index (χ4v) is 7.92. The number of imide groups is 2. The molecular weight excluding hydrogens is 626 g/mol. The Balaban J connectivity index is 1.62. The number of hydrogen-bond donors (Lipinski definition) is 1. The number of nitrogens with zero attached hydrogens (tertiary/aromatic N) is 2. The lowest BCUT2D eigenvalue weighted by atomic mass is 9.56. The minimum absolute atomic E-state index is 0.00426. The van der Waals surface area contributed by atoms with Gasteiger partial charge in [-0.3, -0.25) is 24.1 Å². The largest absolute Gasteiger partial charge is 0.504 e. The molecule has 2 aliphatic carbocycles. The molecule has 1 saturated carbocycles. The summed E-state index contributed by atoms with van der Waals surface area (Å²) < 4.78 is 77.4. The van der Waals surface area contributed by atoms with Crippen LogP contribution in [0.5, 0.6) is 11.5 Å². The van der Waals surface area contributed by atoms with E-state index in [9.17, 15) is 46.2 Å². The Morgan fingerprint density at radius 1 is 0.907 bits per heavy atom. The summed E-state index contributed by atoms with van der Waals surface area (Å²) in [5.41, 5.74) is -1.54. The van der Waals surface area contributed by atoms with Crippen molar-refractivity contribution in [2.75, 3.05) is 19.1 Å². The molecule has 43 heavy (non-hydrogen) atoms. The number of methoxy groups -OCH3 is 1. The fourth-order valence-electron chi connectivity index (χ4n) is 6.98. The summed E-state index contributed by atoms with van der Waals surface area (Å²) in [5.74, 6) is -21.4. The second-order valence-electron chi connectivity index (χ2n) is 10.9. The monoisotopic (exact) mass is 644 g/mol. The van der Waals surface area contributed by atoms with Gasteiger partial charge >= 0.3 is 0 Å². The second-order valence-corrected chi connectivity index (χ2v) is 12.1. The van der Waals surface area contributed by atoms with Gasteiger partial charge in [-0.2, -0.15) is 0 Å². The van der Waals surface area contributed by atoms with Crippen molar-refractivity contribution in [3.63, 3.8) is 0 Å². The maximum absolute atomic E-state index is 15.0. The number of fused-ring (bicyclic) bond motifs is 4. The molecule has 3 fully saturated rings. The quantitative estimate of drug-likeness (QED) is 0.134. The number of phenolic OH excluding ortho intramolecular Hbond substituents is 1. The second kappa shape index (κ2) is 9.39. The van der Waals surface area contributed by atoms with Crippen LogP contribution < -0.4 is 9.64 Å². The standard InChI is InChI=1S/C28H19Cl2F5N2O6/c1-36-23(39)11-5-4-10-12(15(11)24(36)40)8-27(29)25(41)37(22-20(34)18(32)17(31)19(33)21(22)35)26(42)28(27,30)16(10)9-3-6-14(43-2)13(38)7-9/h3-4,6-7,11-12,15-16,38H,5,8H2,1-2H3/t11-,12+,15-,16-,27+,28-/m0/s1. The van der Waals surface area contributed by atoms with E-state index in [1.54, 1.807) is 6.08 Å². The number of halogens is 7. The van der Waals surface area contributed by atoms with Gasteiger partial charge in [0.05, 0.1) is 18.9 Å². The molecule has 0 radical (unpaired) electrons. The molecule has 4 aliphatic rings. The third-order valence-electron chi connectivity index (χ3n) is 8.98. The number of phenols is 1. The van der Waals surface area contributed by atoms with Crippen molar-refractivity contribution in [1.29, 1.82) is 0 Å². The number of anilines is 1. The normalized spacial score (nSPS) is 31.7. The molecule has 0 unspecified atom stereocenters. The van der Waals surface area contributed by atoms with Crippen LogP contribution in [0.3, 0.4) is 0 Å². The molecule has 2 aromatic carbocycles. The van der Waals surface area contributed by atoms with Crippen molar-refractivity contribution in [3.8, 4) is 11.5 Å². The van der Waals surface area contributed by atoms with Crippen LogP contribution in [0.25, 0.3) is 0 Å². The van der Waals surface area contributed by atoms with E-state index in [1.165, 1.54) is 26.3 Å². The van der Waals surface area contributed by atoms with Gasteiger partial charge in [-0.15, -0.1) is 23.2 Å². The van der Waals surface area contributed by atoms with E-state index in [1.807, 2.05) is 0 Å². The highest BCUT2D eigenvalue weighted by Crippen LogP contribution is 2.66. The number of amides is 4. The van der Waals surface area contributed by atoms with Crippen molar-refractivity contribution in [3.05, 3.63) is 64.5 Å². The first-order valence-electron chi connectivity index (χ1n) is 12.8. The first-order valence-corrected chi connectivity index (χ1v) is 13.6. The summed E-state index contributed by atoms with van der Waals surface area (Å²) >= 11 is 14.0. The summed E-state index contributed by atoms with van der Waals surface area (Å²) in [6.07, 6.45) is 0.977. The number of aromatic hydroxyl groups is 1. The van der Waals surface area contributed by atoms with Crippen molar-refractivity contribution >= 4 is 52.5 Å². The van der Waals surface area contributed by atoms with Gasteiger partial charge in [-0.25, -0.2) is 26.9 Å². The van der Waals surface area contributed by atoms with E-state index < -0.39 is 104 Å². The zero-order chi connectivity index (χ0) is 31.5. The summed E-state index contributed by atoms with van der Waals surface area (Å²) in [7, 11) is 2.55. The fraction of sp³-hybridized carbons (Fsp3) is 0.357. The molecule has 1 N–H and O–H groups in total. The Morgan fingerprint density at radius 2 is 1.51 bits per heavy atom. The SMILES string of the molecule is COc1ccc([C@H]2C3=CC[C@@H]4C(=O)N(C)C(=O)[C@@H]4[C@@H]3C[C@@]3(Cl)C(=O)N(c4c(F)c(F)c(F)c(F)c4F)C(=O)[C@@]23Cl)cc1O. The van der Waals surface area contributed by atoms with Crippen LogP contribution >= 0.6 is 23.2 Å². The van der Waals surface area contributed by atoms with Gasteiger partial charge in [-0.05, 0) is 36.5 Å². The molecule has 2 heterocycles. The molecule has 6 rings (SSSR count). The molecule has 0 spiro atoms. The lowest BCUT2D eigenvalue weighted by Gasteiger charge is -2.50. The molecule has 15 heteroatoms. The third kappa shape index (κ3) is 3.48. The zero-order valence-corrected chi connectivity index (χ0v) is 23.6. The van der Waals surface area contributed by atoms with E-state index in [0.717, 1.165) is 11.0 Å². The van der Waals surface area contributed by atoms with Crippen molar-refractivity contribution in [1.82, 2.24) is 4.90 Å². The average Bonchev–Trinajstić information content (AvgIpc) is 3.28. The van der Waals surface area contributed by atoms with E-state index >= 15 is 0 Å². The average molecular weight is 645 g/mol. The smallest absolute Gasteiger partial charge is 0.258 e. The van der Waals surface area contributed by atoms with Crippen LogP contribution in [0, 0.1) is 46.8 Å². The Labute approximate surface area is 249 Å². The van der Waals surface area contributed by atoms with Crippen molar-refractivity contribution in [2.24, 2.45) is 17.8 Å². The summed E-state index contributed by atoms with van der Waals surface area (Å²) in [4.78, 5) is 49.6. The third-order valence-corrected chi connectivity index (χ3v) is 10.4. The van der Waals surface area contributed by atoms with Crippen LogP contribution in [0.4, 0.5) is 27.6 Å². The number of rotatable bonds is 3. The molecule has 226 valence electrons. The predicted molar refractivity (Wildman–Crippen MR) is 139 cm³/mol. The van der Waals surface area contributed by atoms with Crippen LogP contribution in [0.1, 0.15) is 24.3 Å². The first kappa shape index (κ1) is 29.4. The molecule has 0 bridgehead atoms. The molecule has 2 aliphatic heterocycles. The number of likely N-dealkylation sites (tertiary alicyclic amines) is 1. The lowest BCUT2D eigenvalue weighted by Crippen LogP contribution is -2.60. The summed E-state index contributed by atoms with van der Waals surface area (Å²) in [6.45, 7) is 0. The zero-order valence-electron chi connectivity index (χ0n) is 22.1. The van der Waals surface area contributed by atoms with Crippen LogP contribution in [0.15, 0.2) is 29.8 Å². The Hall–Kier alpha value is -3.71. The molecule has 8 nitrogen and oxygen atoms in total. The molecule has 0 aromatic heterocycles. The topological polar surface area (TPSA) is 104 Å². The van der Waals surface area contributed by atoms with E-state index in [0.29, 0.717) is 0 Å². The summed E-state index contributed by atoms with van der Waals surface area (Å²) in [6, 6.07) is 3.82. The Kier molecular flexibility index (Phi) is 6.41. The summed E-state index contributed by atoms with van der Waals surface area (Å²) in [5, 5.41) is 10.6. The number of hydrogen-bond acceptors (Lipinski definition) is 6. The van der Waals surface area contributed by atoms with Gasteiger partial charge < -0.3 is 9.84 Å². The molecular formula is C28H19Cl2F5N2O6. The molecule has 4 amide bonds. The highest BCUT2D eigenvalue weighted by atomic mass is 35.5. The van der Waals surface area contributed by atoms with E-state index in [-0.39, 0.29) is 28.2 Å². The van der Waals surface area contributed by atoms with Crippen LogP contribution in [-0.4, -0.2) is 57.5 Å². The maximum atomic E-state index is 15.0.